The summed E-state index contributed by atoms with van der Waals surface area (Å²) in [5.41, 5.74) is 3.60. The first kappa shape index (κ1) is 21.0. The van der Waals surface area contributed by atoms with Crippen molar-refractivity contribution >= 4 is 39.6 Å². The fourth-order valence-electron chi connectivity index (χ4n) is 2.90. The van der Waals surface area contributed by atoms with Crippen LogP contribution in [0.25, 0.3) is 11.1 Å². The van der Waals surface area contributed by atoms with E-state index in [0.717, 1.165) is 16.9 Å². The van der Waals surface area contributed by atoms with Gasteiger partial charge in [0.2, 0.25) is 0 Å². The lowest BCUT2D eigenvalue weighted by molar-refractivity contribution is 0.0529. The molecule has 0 radical (unpaired) electrons. The first-order valence-corrected chi connectivity index (χ1v) is 10.9. The van der Waals surface area contributed by atoms with Gasteiger partial charge in [-0.3, -0.25) is 9.59 Å². The van der Waals surface area contributed by atoms with E-state index in [9.17, 15) is 14.4 Å². The second-order valence-electron chi connectivity index (χ2n) is 6.77. The third-order valence-electron chi connectivity index (χ3n) is 4.42. The molecule has 8 heteroatoms. The van der Waals surface area contributed by atoms with Crippen LogP contribution in [0, 0.1) is 6.92 Å². The fourth-order valence-corrected chi connectivity index (χ4v) is 4.59. The standard InChI is InChI=1S/C21H22N2O4S2/c1-5-27-20(25)16-15(14-8-6-13(7-9-14)11(2)3)10-28-19(16)23-18(24)17-12(4)22-21(26)29-17/h6-11H,5H2,1-4H3,(H,22,26)(H,23,24). The molecule has 0 aliphatic heterocycles. The average molecular weight is 431 g/mol. The number of carbonyl (C=O) groups is 2. The maximum atomic E-state index is 12.7. The Morgan fingerprint density at radius 3 is 2.45 bits per heavy atom. The van der Waals surface area contributed by atoms with Gasteiger partial charge in [0.1, 0.15) is 15.4 Å². The summed E-state index contributed by atoms with van der Waals surface area (Å²) < 4.78 is 5.23. The van der Waals surface area contributed by atoms with Gasteiger partial charge in [0, 0.05) is 16.6 Å². The highest BCUT2D eigenvalue weighted by molar-refractivity contribution is 7.15. The molecule has 3 rings (SSSR count). The van der Waals surface area contributed by atoms with Gasteiger partial charge in [0.25, 0.3) is 5.91 Å². The van der Waals surface area contributed by atoms with Crippen LogP contribution >= 0.6 is 22.7 Å². The molecule has 0 atom stereocenters. The van der Waals surface area contributed by atoms with Crippen molar-refractivity contribution in [2.75, 3.05) is 11.9 Å². The Labute approximate surface area is 176 Å². The van der Waals surface area contributed by atoms with Crippen molar-refractivity contribution in [1.82, 2.24) is 4.98 Å². The quantitative estimate of drug-likeness (QED) is 0.537. The van der Waals surface area contributed by atoms with E-state index in [0.29, 0.717) is 32.6 Å². The first-order valence-electron chi connectivity index (χ1n) is 9.21. The number of hydrogen-bond donors (Lipinski definition) is 2. The van der Waals surface area contributed by atoms with Crippen LogP contribution in [0.3, 0.4) is 0 Å². The Morgan fingerprint density at radius 2 is 1.90 bits per heavy atom. The Morgan fingerprint density at radius 1 is 1.21 bits per heavy atom. The molecular weight excluding hydrogens is 408 g/mol. The lowest BCUT2D eigenvalue weighted by Gasteiger charge is -2.10. The minimum atomic E-state index is -0.494. The molecule has 0 bridgehead atoms. The van der Waals surface area contributed by atoms with Crippen LogP contribution in [0.15, 0.2) is 34.4 Å². The maximum absolute atomic E-state index is 12.7. The SMILES string of the molecule is CCOC(=O)c1c(-c2ccc(C(C)C)cc2)csc1NC(=O)c1sc(=O)[nH]c1C. The topological polar surface area (TPSA) is 88.3 Å². The third-order valence-corrected chi connectivity index (χ3v) is 6.30. The molecule has 2 N–H and O–H groups in total. The molecule has 6 nitrogen and oxygen atoms in total. The molecular formula is C21H22N2O4S2. The monoisotopic (exact) mass is 430 g/mol. The summed E-state index contributed by atoms with van der Waals surface area (Å²) in [5, 5.41) is 5.00. The van der Waals surface area contributed by atoms with Crippen LogP contribution < -0.4 is 10.2 Å². The number of aromatic nitrogens is 1. The smallest absolute Gasteiger partial charge is 0.341 e. The van der Waals surface area contributed by atoms with Gasteiger partial charge in [-0.15, -0.1) is 11.3 Å². The summed E-state index contributed by atoms with van der Waals surface area (Å²) in [6.45, 7) is 7.87. The van der Waals surface area contributed by atoms with Crippen molar-refractivity contribution in [3.05, 3.63) is 61.0 Å². The van der Waals surface area contributed by atoms with E-state index in [-0.39, 0.29) is 11.5 Å². The number of benzene rings is 1. The normalized spacial score (nSPS) is 10.9. The number of thiazole rings is 1. The zero-order valence-corrected chi connectivity index (χ0v) is 18.3. The molecule has 0 spiro atoms. The van der Waals surface area contributed by atoms with Crippen molar-refractivity contribution in [1.29, 1.82) is 0 Å². The molecule has 0 saturated carbocycles. The minimum absolute atomic E-state index is 0.229. The Hall–Kier alpha value is -2.71. The molecule has 1 amide bonds. The van der Waals surface area contributed by atoms with Crippen molar-refractivity contribution in [3.8, 4) is 11.1 Å². The number of amides is 1. The highest BCUT2D eigenvalue weighted by Crippen LogP contribution is 2.37. The van der Waals surface area contributed by atoms with E-state index in [2.05, 4.69) is 24.1 Å². The molecule has 0 aliphatic carbocycles. The van der Waals surface area contributed by atoms with Crippen molar-refractivity contribution < 1.29 is 14.3 Å². The van der Waals surface area contributed by atoms with Crippen LogP contribution in [0.2, 0.25) is 0 Å². The predicted octanol–water partition coefficient (Wildman–Crippen LogP) is 5.03. The van der Waals surface area contributed by atoms with Gasteiger partial charge in [0.05, 0.1) is 6.61 Å². The van der Waals surface area contributed by atoms with Crippen LogP contribution in [-0.4, -0.2) is 23.5 Å². The van der Waals surface area contributed by atoms with Gasteiger partial charge in [0.15, 0.2) is 0 Å². The van der Waals surface area contributed by atoms with Crippen LogP contribution in [0.1, 0.15) is 58.0 Å². The first-order chi connectivity index (χ1) is 13.8. The summed E-state index contributed by atoms with van der Waals surface area (Å²) in [6.07, 6.45) is 0. The molecule has 2 aromatic heterocycles. The minimum Gasteiger partial charge on any atom is -0.462 e. The number of aryl methyl sites for hydroxylation is 1. The number of ether oxygens (including phenoxy) is 1. The average Bonchev–Trinajstić information content (AvgIpc) is 3.24. The molecule has 3 aromatic rings. The second-order valence-corrected chi connectivity index (χ2v) is 8.64. The van der Waals surface area contributed by atoms with Crippen LogP contribution in [0.4, 0.5) is 5.00 Å². The molecule has 152 valence electrons. The summed E-state index contributed by atoms with van der Waals surface area (Å²) in [4.78, 5) is 39.4. The Bertz CT molecular complexity index is 1090. The van der Waals surface area contributed by atoms with Crippen LogP contribution in [-0.2, 0) is 4.74 Å². The van der Waals surface area contributed by atoms with Crippen molar-refractivity contribution in [2.45, 2.75) is 33.6 Å². The highest BCUT2D eigenvalue weighted by Gasteiger charge is 2.24. The molecule has 2 heterocycles. The second kappa shape index (κ2) is 8.75. The summed E-state index contributed by atoms with van der Waals surface area (Å²) in [5.74, 6) is -0.520. The molecule has 0 aliphatic rings. The van der Waals surface area contributed by atoms with Gasteiger partial charge in [-0.25, -0.2) is 4.79 Å². The zero-order chi connectivity index (χ0) is 21.1. The van der Waals surface area contributed by atoms with Crippen molar-refractivity contribution in [3.63, 3.8) is 0 Å². The predicted molar refractivity (Wildman–Crippen MR) is 117 cm³/mol. The van der Waals surface area contributed by atoms with Gasteiger partial charge in [-0.05, 0) is 30.9 Å². The number of aromatic amines is 1. The van der Waals surface area contributed by atoms with Gasteiger partial charge in [-0.1, -0.05) is 49.4 Å². The van der Waals surface area contributed by atoms with Gasteiger partial charge < -0.3 is 15.0 Å². The lowest BCUT2D eigenvalue weighted by atomic mass is 9.98. The summed E-state index contributed by atoms with van der Waals surface area (Å²) >= 11 is 2.09. The molecule has 0 unspecified atom stereocenters. The molecule has 1 aromatic carbocycles. The molecule has 29 heavy (non-hydrogen) atoms. The number of anilines is 1. The maximum Gasteiger partial charge on any atom is 0.341 e. The molecule has 0 saturated heterocycles. The zero-order valence-electron chi connectivity index (χ0n) is 16.6. The number of thiophene rings is 1. The third kappa shape index (κ3) is 4.49. The lowest BCUT2D eigenvalue weighted by Crippen LogP contribution is -2.14. The summed E-state index contributed by atoms with van der Waals surface area (Å²) in [7, 11) is 0. The van der Waals surface area contributed by atoms with E-state index in [1.807, 2.05) is 29.6 Å². The highest BCUT2D eigenvalue weighted by atomic mass is 32.1. The number of hydrogen-bond acceptors (Lipinski definition) is 6. The number of rotatable bonds is 6. The van der Waals surface area contributed by atoms with Gasteiger partial charge >= 0.3 is 10.8 Å². The van der Waals surface area contributed by atoms with Crippen LogP contribution in [0.5, 0.6) is 0 Å². The molecule has 0 fully saturated rings. The fraction of sp³-hybridized carbons (Fsp3) is 0.286. The van der Waals surface area contributed by atoms with E-state index in [1.165, 1.54) is 16.9 Å². The number of nitrogens with one attached hydrogen (secondary N) is 2. The largest absolute Gasteiger partial charge is 0.462 e. The number of esters is 1. The summed E-state index contributed by atoms with van der Waals surface area (Å²) in [6, 6.07) is 8.00. The van der Waals surface area contributed by atoms with E-state index in [1.54, 1.807) is 13.8 Å². The number of carbonyl (C=O) groups excluding carboxylic acids is 2. The van der Waals surface area contributed by atoms with Gasteiger partial charge in [-0.2, -0.15) is 0 Å². The number of H-pyrrole nitrogens is 1. The van der Waals surface area contributed by atoms with Crippen molar-refractivity contribution in [2.24, 2.45) is 0 Å². The van der Waals surface area contributed by atoms with E-state index < -0.39 is 11.9 Å². The Balaban J connectivity index is 1.99. The van der Waals surface area contributed by atoms with E-state index in [4.69, 9.17) is 4.74 Å². The van der Waals surface area contributed by atoms with E-state index >= 15 is 0 Å². The Kier molecular flexibility index (Phi) is 6.34.